The summed E-state index contributed by atoms with van der Waals surface area (Å²) in [7, 11) is 0. The van der Waals surface area contributed by atoms with Gasteiger partial charge in [0.2, 0.25) is 0 Å². The Morgan fingerprint density at radius 3 is 2.93 bits per heavy atom. The zero-order valence-corrected chi connectivity index (χ0v) is 16.2. The number of nitrogens with one attached hydrogen (secondary N) is 1. The van der Waals surface area contributed by atoms with Crippen LogP contribution in [0.15, 0.2) is 41.5 Å². The molecule has 1 fully saturated rings. The zero-order chi connectivity index (χ0) is 18.4. The molecule has 0 spiro atoms. The fourth-order valence-electron chi connectivity index (χ4n) is 3.92. The van der Waals surface area contributed by atoms with Crippen LogP contribution in [0.1, 0.15) is 0 Å². The Balaban J connectivity index is 0.00000192. The van der Waals surface area contributed by atoms with E-state index < -0.39 is 0 Å². The standard InChI is InChI=1S/C20H20N4O3.Co/c25-20-14-3-1-2-4-17(14)23-13-22-16-6-5-15(18(20)19(16)23)21-7-8-24(26)9-11-27-12-10-24;/h2-6,13,21,26H,7-12H2;. The van der Waals surface area contributed by atoms with Crippen LogP contribution in [0.2, 0.25) is 0 Å². The van der Waals surface area contributed by atoms with Gasteiger partial charge in [0.15, 0.2) is 0 Å². The van der Waals surface area contributed by atoms with Gasteiger partial charge in [-0.3, -0.25) is 0 Å². The van der Waals surface area contributed by atoms with Gasteiger partial charge in [-0.15, -0.1) is 6.07 Å². The Kier molecular flexibility index (Phi) is 4.98. The van der Waals surface area contributed by atoms with Crippen LogP contribution in [-0.4, -0.2) is 58.6 Å². The monoisotopic (exact) mass is 423 g/mol. The van der Waals surface area contributed by atoms with Crippen molar-refractivity contribution >= 4 is 33.0 Å². The number of fused-ring (bicyclic) bond motifs is 2. The molecular weight excluding hydrogens is 403 g/mol. The molecule has 147 valence electrons. The average molecular weight is 423 g/mol. The van der Waals surface area contributed by atoms with Crippen LogP contribution in [0.25, 0.3) is 27.3 Å². The van der Waals surface area contributed by atoms with Crippen LogP contribution in [0.5, 0.6) is 0 Å². The Morgan fingerprint density at radius 2 is 2.11 bits per heavy atom. The molecule has 1 aliphatic rings. The largest absolute Gasteiger partial charge is 0.379 e. The van der Waals surface area contributed by atoms with Crippen LogP contribution >= 0.6 is 0 Å². The number of hydrogen-bond acceptors (Lipinski definition) is 5. The molecule has 4 aromatic rings. The van der Waals surface area contributed by atoms with Gasteiger partial charge in [0.25, 0.3) is 0 Å². The molecule has 0 aliphatic carbocycles. The maximum Gasteiger partial charge on any atom is 0.145 e. The third-order valence-corrected chi connectivity index (χ3v) is 5.43. The van der Waals surface area contributed by atoms with Crippen molar-refractivity contribution in [3.05, 3.63) is 52.9 Å². The Labute approximate surface area is 171 Å². The van der Waals surface area contributed by atoms with Gasteiger partial charge in [-0.05, 0) is 12.1 Å². The number of aromatic nitrogens is 2. The van der Waals surface area contributed by atoms with Crippen molar-refractivity contribution in [3.63, 3.8) is 0 Å². The number of quaternary nitrogens is 1. The van der Waals surface area contributed by atoms with E-state index in [0.717, 1.165) is 22.2 Å². The van der Waals surface area contributed by atoms with Crippen molar-refractivity contribution in [2.75, 3.05) is 44.7 Å². The molecule has 7 nitrogen and oxygen atoms in total. The first kappa shape index (κ1) is 19.1. The van der Waals surface area contributed by atoms with Gasteiger partial charge in [-0.25, -0.2) is 10.2 Å². The SMILES string of the molecule is O=c1c2c[c-]ccc2n2cnc3ccc(NCC[N+]4(O)CCOCC4)c1c32.[Co]. The quantitative estimate of drug-likeness (QED) is 0.298. The fourth-order valence-corrected chi connectivity index (χ4v) is 3.92. The number of morpholine rings is 1. The molecule has 2 aromatic carbocycles. The number of rotatable bonds is 4. The van der Waals surface area contributed by atoms with Gasteiger partial charge in [-0.1, -0.05) is 10.9 Å². The number of benzene rings is 2. The molecule has 1 radical (unpaired) electrons. The first-order valence-corrected chi connectivity index (χ1v) is 9.12. The molecule has 0 bridgehead atoms. The second-order valence-corrected chi connectivity index (χ2v) is 7.05. The summed E-state index contributed by atoms with van der Waals surface area (Å²) in [5, 5.41) is 15.2. The van der Waals surface area contributed by atoms with Gasteiger partial charge in [0.1, 0.15) is 25.1 Å². The number of hydroxylamine groups is 3. The van der Waals surface area contributed by atoms with Crippen molar-refractivity contribution in [1.82, 2.24) is 9.38 Å². The van der Waals surface area contributed by atoms with Crippen LogP contribution < -0.4 is 10.7 Å². The van der Waals surface area contributed by atoms with Gasteiger partial charge in [0.05, 0.1) is 42.5 Å². The van der Waals surface area contributed by atoms with Crippen molar-refractivity contribution in [2.24, 2.45) is 0 Å². The van der Waals surface area contributed by atoms with E-state index in [1.54, 1.807) is 18.5 Å². The Morgan fingerprint density at radius 1 is 1.29 bits per heavy atom. The van der Waals surface area contributed by atoms with Crippen molar-refractivity contribution in [2.45, 2.75) is 0 Å². The number of hydrogen-bond donors (Lipinski definition) is 2. The minimum atomic E-state index is -0.0257. The predicted molar refractivity (Wildman–Crippen MR) is 102 cm³/mol. The van der Waals surface area contributed by atoms with E-state index >= 15 is 0 Å². The molecule has 0 amide bonds. The normalized spacial score (nSPS) is 16.5. The van der Waals surface area contributed by atoms with Crippen LogP contribution in [0.3, 0.4) is 0 Å². The van der Waals surface area contributed by atoms with E-state index in [4.69, 9.17) is 4.74 Å². The van der Waals surface area contributed by atoms with E-state index in [2.05, 4.69) is 16.4 Å². The van der Waals surface area contributed by atoms with E-state index in [9.17, 15) is 10.0 Å². The van der Waals surface area contributed by atoms with Crippen LogP contribution in [0, 0.1) is 6.07 Å². The van der Waals surface area contributed by atoms with Crippen LogP contribution in [0.4, 0.5) is 5.69 Å². The summed E-state index contributed by atoms with van der Waals surface area (Å²) in [5.74, 6) is 0. The van der Waals surface area contributed by atoms with Crippen molar-refractivity contribution in [3.8, 4) is 0 Å². The Bertz CT molecular complexity index is 1190. The maximum atomic E-state index is 13.2. The first-order chi connectivity index (χ1) is 13.2. The molecule has 1 saturated heterocycles. The van der Waals surface area contributed by atoms with E-state index in [1.807, 2.05) is 22.6 Å². The zero-order valence-electron chi connectivity index (χ0n) is 15.1. The number of imidazole rings is 1. The molecule has 1 aliphatic heterocycles. The van der Waals surface area contributed by atoms with E-state index in [-0.39, 0.29) is 26.9 Å². The van der Waals surface area contributed by atoms with Crippen molar-refractivity contribution in [1.29, 1.82) is 0 Å². The van der Waals surface area contributed by atoms with Gasteiger partial charge < -0.3 is 19.2 Å². The second kappa shape index (κ2) is 7.30. The minimum Gasteiger partial charge on any atom is -0.379 e. The molecule has 3 heterocycles. The number of anilines is 1. The summed E-state index contributed by atoms with van der Waals surface area (Å²) >= 11 is 0. The van der Waals surface area contributed by atoms with E-state index in [0.29, 0.717) is 50.2 Å². The Hall–Kier alpha value is -2.23. The maximum absolute atomic E-state index is 13.2. The number of pyridine rings is 1. The molecular formula is C20H20CoN4O3. The van der Waals surface area contributed by atoms with Gasteiger partial charge in [-0.2, -0.15) is 22.8 Å². The smallest absolute Gasteiger partial charge is 0.145 e. The minimum absolute atomic E-state index is 0. The third-order valence-electron chi connectivity index (χ3n) is 5.43. The molecule has 0 atom stereocenters. The second-order valence-electron chi connectivity index (χ2n) is 7.05. The first-order valence-electron chi connectivity index (χ1n) is 9.12. The molecule has 28 heavy (non-hydrogen) atoms. The molecule has 0 unspecified atom stereocenters. The van der Waals surface area contributed by atoms with Gasteiger partial charge in [0, 0.05) is 22.5 Å². The molecule has 2 aromatic heterocycles. The number of ether oxygens (including phenoxy) is 1. The summed E-state index contributed by atoms with van der Waals surface area (Å²) in [6.07, 6.45) is 1.75. The summed E-state index contributed by atoms with van der Waals surface area (Å²) in [6, 6.07) is 12.2. The summed E-state index contributed by atoms with van der Waals surface area (Å²) in [6.45, 7) is 3.42. The summed E-state index contributed by atoms with van der Waals surface area (Å²) in [4.78, 5) is 17.6. The molecule has 2 N–H and O–H groups in total. The number of nitrogens with zero attached hydrogens (tertiary/aromatic N) is 3. The van der Waals surface area contributed by atoms with Crippen molar-refractivity contribution < 1.29 is 31.4 Å². The molecule has 5 rings (SSSR count). The van der Waals surface area contributed by atoms with Crippen LogP contribution in [-0.2, 0) is 21.5 Å². The summed E-state index contributed by atoms with van der Waals surface area (Å²) < 4.78 is 7.28. The van der Waals surface area contributed by atoms with E-state index in [1.165, 1.54) is 0 Å². The average Bonchev–Trinajstić information content (AvgIpc) is 3.12. The van der Waals surface area contributed by atoms with Gasteiger partial charge >= 0.3 is 0 Å². The third kappa shape index (κ3) is 3.03. The fraction of sp³-hybridized carbons (Fsp3) is 0.300. The summed E-state index contributed by atoms with van der Waals surface area (Å²) in [5.41, 5.74) is 3.19. The predicted octanol–water partition coefficient (Wildman–Crippen LogP) is 1.88. The topological polar surface area (TPSA) is 75.9 Å². The molecule has 0 saturated carbocycles. The molecule has 8 heteroatoms.